The number of carbonyl (C=O) groups is 2. The number of benzene rings is 1. The summed E-state index contributed by atoms with van der Waals surface area (Å²) in [6, 6.07) is 3.40. The van der Waals surface area contributed by atoms with E-state index >= 15 is 0 Å². The van der Waals surface area contributed by atoms with Gasteiger partial charge in [-0.15, -0.1) is 0 Å². The van der Waals surface area contributed by atoms with Gasteiger partial charge in [0, 0.05) is 25.6 Å². The number of hydrogen-bond acceptors (Lipinski definition) is 4. The molecule has 6 heteroatoms. The molecule has 3 atom stereocenters. The van der Waals surface area contributed by atoms with Crippen LogP contribution >= 0.6 is 0 Å². The average molecular weight is 386 g/mol. The van der Waals surface area contributed by atoms with Crippen LogP contribution in [0.5, 0.6) is 11.5 Å². The van der Waals surface area contributed by atoms with Crippen LogP contribution in [0.3, 0.4) is 0 Å². The third-order valence-corrected chi connectivity index (χ3v) is 6.75. The van der Waals surface area contributed by atoms with Gasteiger partial charge in [-0.3, -0.25) is 9.59 Å². The maximum absolute atomic E-state index is 13.0. The predicted octanol–water partition coefficient (Wildman–Crippen LogP) is 3.70. The summed E-state index contributed by atoms with van der Waals surface area (Å²) in [7, 11) is 3.11. The lowest BCUT2D eigenvalue weighted by molar-refractivity contribution is -0.117. The fourth-order valence-electron chi connectivity index (χ4n) is 5.32. The molecule has 2 bridgehead atoms. The Labute approximate surface area is 166 Å². The van der Waals surface area contributed by atoms with E-state index in [-0.39, 0.29) is 11.8 Å². The summed E-state index contributed by atoms with van der Waals surface area (Å²) in [5, 5.41) is 3.01. The first kappa shape index (κ1) is 19.1. The zero-order chi connectivity index (χ0) is 19.7. The molecule has 0 radical (unpaired) electrons. The van der Waals surface area contributed by atoms with Gasteiger partial charge in [-0.1, -0.05) is 6.42 Å². The molecule has 3 unspecified atom stereocenters. The first-order valence-electron chi connectivity index (χ1n) is 10.4. The first-order chi connectivity index (χ1) is 13.6. The molecule has 1 aromatic carbocycles. The highest BCUT2D eigenvalue weighted by Crippen LogP contribution is 2.49. The zero-order valence-corrected chi connectivity index (χ0v) is 16.8. The summed E-state index contributed by atoms with van der Waals surface area (Å²) in [5.41, 5.74) is 0.989. The van der Waals surface area contributed by atoms with Crippen molar-refractivity contribution in [2.24, 2.45) is 17.8 Å². The van der Waals surface area contributed by atoms with E-state index in [9.17, 15) is 9.59 Å². The fourth-order valence-corrected chi connectivity index (χ4v) is 5.32. The Balaban J connectivity index is 1.55. The normalized spacial score (nSPS) is 25.8. The van der Waals surface area contributed by atoms with Crippen molar-refractivity contribution in [2.75, 3.05) is 32.6 Å². The van der Waals surface area contributed by atoms with Gasteiger partial charge in [0.05, 0.1) is 25.5 Å². The molecule has 1 aliphatic heterocycles. The van der Waals surface area contributed by atoms with Gasteiger partial charge in [0.25, 0.3) is 5.91 Å². The van der Waals surface area contributed by atoms with Crippen LogP contribution in [0, 0.1) is 17.8 Å². The van der Waals surface area contributed by atoms with Crippen LogP contribution in [0.1, 0.15) is 55.3 Å². The molecule has 1 saturated heterocycles. The van der Waals surface area contributed by atoms with Crippen molar-refractivity contribution in [1.29, 1.82) is 0 Å². The number of anilines is 1. The Bertz CT molecular complexity index is 757. The molecule has 152 valence electrons. The Morgan fingerprint density at radius 1 is 1.07 bits per heavy atom. The summed E-state index contributed by atoms with van der Waals surface area (Å²) >= 11 is 0. The Kier molecular flexibility index (Phi) is 5.47. The number of likely N-dealkylation sites (tertiary alicyclic amines) is 1. The van der Waals surface area contributed by atoms with Gasteiger partial charge >= 0.3 is 0 Å². The lowest BCUT2D eigenvalue weighted by Gasteiger charge is -2.22. The summed E-state index contributed by atoms with van der Waals surface area (Å²) < 4.78 is 10.8. The summed E-state index contributed by atoms with van der Waals surface area (Å²) in [6.07, 6.45) is 7.62. The highest BCUT2D eigenvalue weighted by Gasteiger charge is 2.40. The molecule has 2 saturated carbocycles. The molecule has 28 heavy (non-hydrogen) atoms. The smallest absolute Gasteiger partial charge is 0.256 e. The molecule has 1 aromatic rings. The number of nitrogens with one attached hydrogen (secondary N) is 1. The van der Waals surface area contributed by atoms with Gasteiger partial charge in [-0.05, 0) is 55.9 Å². The number of rotatable bonds is 6. The van der Waals surface area contributed by atoms with E-state index in [4.69, 9.17) is 9.47 Å². The van der Waals surface area contributed by atoms with E-state index in [0.717, 1.165) is 31.8 Å². The maximum Gasteiger partial charge on any atom is 0.256 e. The number of hydrogen-bond donors (Lipinski definition) is 1. The van der Waals surface area contributed by atoms with Gasteiger partial charge < -0.3 is 19.7 Å². The largest absolute Gasteiger partial charge is 0.493 e. The summed E-state index contributed by atoms with van der Waals surface area (Å²) in [6.45, 7) is 1.51. The second-order valence-electron chi connectivity index (χ2n) is 8.44. The van der Waals surface area contributed by atoms with Crippen LogP contribution in [0.15, 0.2) is 12.1 Å². The molecule has 0 spiro atoms. The molecule has 6 nitrogen and oxygen atoms in total. The van der Waals surface area contributed by atoms with Crippen molar-refractivity contribution in [1.82, 2.24) is 4.90 Å². The highest BCUT2D eigenvalue weighted by molar-refractivity contribution is 6.04. The minimum absolute atomic E-state index is 0.0137. The fraction of sp³-hybridized carbons (Fsp3) is 0.636. The molecule has 2 amide bonds. The van der Waals surface area contributed by atoms with Crippen LogP contribution in [0.2, 0.25) is 0 Å². The van der Waals surface area contributed by atoms with Crippen molar-refractivity contribution in [2.45, 2.75) is 44.9 Å². The van der Waals surface area contributed by atoms with E-state index in [0.29, 0.717) is 41.0 Å². The number of fused-ring (bicyclic) bond motifs is 2. The molecule has 3 aliphatic rings. The second kappa shape index (κ2) is 8.02. The molecular weight excluding hydrogens is 356 g/mol. The Hall–Kier alpha value is -2.24. The van der Waals surface area contributed by atoms with Crippen LogP contribution < -0.4 is 14.8 Å². The zero-order valence-electron chi connectivity index (χ0n) is 16.8. The van der Waals surface area contributed by atoms with E-state index in [2.05, 4.69) is 5.32 Å². The number of carbonyl (C=O) groups excluding carboxylic acids is 2. The molecule has 1 N–H and O–H groups in total. The van der Waals surface area contributed by atoms with E-state index in [1.807, 2.05) is 4.90 Å². The molecule has 4 rings (SSSR count). The van der Waals surface area contributed by atoms with E-state index < -0.39 is 0 Å². The topological polar surface area (TPSA) is 67.9 Å². The van der Waals surface area contributed by atoms with Gasteiger partial charge in [0.15, 0.2) is 11.5 Å². The molecule has 1 heterocycles. The Morgan fingerprint density at radius 2 is 1.79 bits per heavy atom. The van der Waals surface area contributed by atoms with Crippen molar-refractivity contribution in [3.63, 3.8) is 0 Å². The third-order valence-electron chi connectivity index (χ3n) is 6.75. The predicted molar refractivity (Wildman–Crippen MR) is 107 cm³/mol. The standard InChI is InChI=1S/C22H30N2O4/c1-27-19-12-17(22(26)24-7-3-4-8-24)18(13-20(19)28-2)23-21(25)11-16-10-14-5-6-15(16)9-14/h12-16H,3-11H2,1-2H3,(H,23,25). The molecule has 2 aliphatic carbocycles. The van der Waals surface area contributed by atoms with Crippen molar-refractivity contribution >= 4 is 17.5 Å². The third kappa shape index (κ3) is 3.69. The van der Waals surface area contributed by atoms with Crippen LogP contribution in [-0.2, 0) is 4.79 Å². The van der Waals surface area contributed by atoms with Crippen molar-refractivity contribution < 1.29 is 19.1 Å². The van der Waals surface area contributed by atoms with Gasteiger partial charge in [-0.2, -0.15) is 0 Å². The van der Waals surface area contributed by atoms with Crippen LogP contribution in [0.4, 0.5) is 5.69 Å². The minimum Gasteiger partial charge on any atom is -0.493 e. The maximum atomic E-state index is 13.0. The average Bonchev–Trinajstić information content (AvgIpc) is 3.45. The van der Waals surface area contributed by atoms with Crippen LogP contribution in [0.25, 0.3) is 0 Å². The van der Waals surface area contributed by atoms with E-state index in [1.165, 1.54) is 25.7 Å². The number of ether oxygens (including phenoxy) is 2. The van der Waals surface area contributed by atoms with Crippen LogP contribution in [-0.4, -0.2) is 44.0 Å². The lowest BCUT2D eigenvalue weighted by atomic mass is 9.86. The molecule has 3 fully saturated rings. The van der Waals surface area contributed by atoms with Gasteiger partial charge in [0.2, 0.25) is 5.91 Å². The van der Waals surface area contributed by atoms with E-state index in [1.54, 1.807) is 26.4 Å². The quantitative estimate of drug-likeness (QED) is 0.809. The number of nitrogens with zero attached hydrogens (tertiary/aromatic N) is 1. The van der Waals surface area contributed by atoms with Crippen molar-refractivity contribution in [3.8, 4) is 11.5 Å². The number of amides is 2. The summed E-state index contributed by atoms with van der Waals surface area (Å²) in [5.74, 6) is 2.93. The molecule has 0 aromatic heterocycles. The van der Waals surface area contributed by atoms with Gasteiger partial charge in [-0.25, -0.2) is 0 Å². The number of methoxy groups -OCH3 is 2. The van der Waals surface area contributed by atoms with Gasteiger partial charge in [0.1, 0.15) is 0 Å². The minimum atomic E-state index is -0.0614. The van der Waals surface area contributed by atoms with Crippen molar-refractivity contribution in [3.05, 3.63) is 17.7 Å². The SMILES string of the molecule is COc1cc(NC(=O)CC2CC3CCC2C3)c(C(=O)N2CCCC2)cc1OC. The first-order valence-corrected chi connectivity index (χ1v) is 10.4. The monoisotopic (exact) mass is 386 g/mol. The molecular formula is C22H30N2O4. The lowest BCUT2D eigenvalue weighted by Crippen LogP contribution is -2.29. The Morgan fingerprint density at radius 3 is 2.39 bits per heavy atom. The summed E-state index contributed by atoms with van der Waals surface area (Å²) in [4.78, 5) is 27.7. The second-order valence-corrected chi connectivity index (χ2v) is 8.44. The highest BCUT2D eigenvalue weighted by atomic mass is 16.5.